The summed E-state index contributed by atoms with van der Waals surface area (Å²) in [5.41, 5.74) is 0.398. The van der Waals surface area contributed by atoms with Gasteiger partial charge >= 0.3 is 0 Å². The number of carbonyl (C=O) groups excluding carboxylic acids is 1. The highest BCUT2D eigenvalue weighted by atomic mass is 32.2. The molecule has 1 aromatic carbocycles. The number of nitrogens with one attached hydrogen (secondary N) is 2. The average molecular weight is 286 g/mol. The number of hydrogen-bond acceptors (Lipinski definition) is 4. The van der Waals surface area contributed by atoms with Crippen LogP contribution in [0.4, 0.5) is 4.39 Å². The van der Waals surface area contributed by atoms with Crippen LogP contribution in [-0.4, -0.2) is 33.7 Å². The number of hydrogen-bond donors (Lipinski definition) is 2. The SMILES string of the molecule is CNC(=O)CNC1CCS(=O)(=O)c2ccc(F)cc21. The van der Waals surface area contributed by atoms with Crippen LogP contribution >= 0.6 is 0 Å². The van der Waals surface area contributed by atoms with Gasteiger partial charge in [0.1, 0.15) is 5.82 Å². The van der Waals surface area contributed by atoms with Gasteiger partial charge in [-0.2, -0.15) is 0 Å². The van der Waals surface area contributed by atoms with E-state index in [0.29, 0.717) is 12.0 Å². The Morgan fingerprint density at radius 3 is 2.89 bits per heavy atom. The molecule has 104 valence electrons. The van der Waals surface area contributed by atoms with Gasteiger partial charge in [0.2, 0.25) is 5.91 Å². The highest BCUT2D eigenvalue weighted by Gasteiger charge is 2.30. The molecule has 1 unspecified atom stereocenters. The highest BCUT2D eigenvalue weighted by Crippen LogP contribution is 2.32. The normalized spacial score (nSPS) is 20.6. The summed E-state index contributed by atoms with van der Waals surface area (Å²) in [6.07, 6.45) is 0.329. The zero-order valence-corrected chi connectivity index (χ0v) is 11.3. The molecule has 7 heteroatoms. The van der Waals surface area contributed by atoms with Crippen LogP contribution in [0.2, 0.25) is 0 Å². The number of likely N-dealkylation sites (N-methyl/N-ethyl adjacent to an activating group) is 1. The number of halogens is 1. The molecule has 0 saturated carbocycles. The number of fused-ring (bicyclic) bond motifs is 1. The molecule has 1 aliphatic heterocycles. The van der Waals surface area contributed by atoms with E-state index in [4.69, 9.17) is 0 Å². The standard InChI is InChI=1S/C12H15FN2O3S/c1-14-12(16)7-15-10-4-5-19(17,18)11-3-2-8(13)6-9(10)11/h2-3,6,10,15H,4-5,7H2,1H3,(H,14,16). The van der Waals surface area contributed by atoms with Gasteiger partial charge in [0.05, 0.1) is 17.2 Å². The molecule has 0 saturated heterocycles. The maximum atomic E-state index is 13.3. The fraction of sp³-hybridized carbons (Fsp3) is 0.417. The fourth-order valence-electron chi connectivity index (χ4n) is 2.13. The van der Waals surface area contributed by atoms with Crippen LogP contribution in [0.5, 0.6) is 0 Å². The number of sulfone groups is 1. The van der Waals surface area contributed by atoms with Crippen molar-refractivity contribution in [3.05, 3.63) is 29.6 Å². The van der Waals surface area contributed by atoms with Gasteiger partial charge in [0.25, 0.3) is 0 Å². The van der Waals surface area contributed by atoms with Crippen LogP contribution in [0.15, 0.2) is 23.1 Å². The summed E-state index contributed by atoms with van der Waals surface area (Å²) in [6.45, 7) is 0.0666. The molecule has 1 aliphatic rings. The zero-order valence-electron chi connectivity index (χ0n) is 10.4. The Morgan fingerprint density at radius 2 is 2.21 bits per heavy atom. The van der Waals surface area contributed by atoms with Crippen LogP contribution < -0.4 is 10.6 Å². The maximum absolute atomic E-state index is 13.3. The quantitative estimate of drug-likeness (QED) is 0.788. The highest BCUT2D eigenvalue weighted by molar-refractivity contribution is 7.91. The first kappa shape index (κ1) is 14.0. The van der Waals surface area contributed by atoms with Crippen molar-refractivity contribution in [3.8, 4) is 0 Å². The summed E-state index contributed by atoms with van der Waals surface area (Å²) in [5, 5.41) is 5.41. The van der Waals surface area contributed by atoms with Gasteiger partial charge in [0.15, 0.2) is 9.84 Å². The molecular formula is C12H15FN2O3S. The third kappa shape index (κ3) is 2.93. The Bertz CT molecular complexity index is 601. The summed E-state index contributed by atoms with van der Waals surface area (Å²) in [5.74, 6) is -0.689. The molecule has 5 nitrogen and oxygen atoms in total. The lowest BCUT2D eigenvalue weighted by atomic mass is 10.0. The molecule has 0 aromatic heterocycles. The number of amides is 1. The van der Waals surface area contributed by atoms with Crippen LogP contribution in [0, 0.1) is 5.82 Å². The minimum absolute atomic E-state index is 0.00293. The van der Waals surface area contributed by atoms with Gasteiger partial charge < -0.3 is 10.6 Å². The number of benzene rings is 1. The Hall–Kier alpha value is -1.47. The van der Waals surface area contributed by atoms with Crippen LogP contribution in [0.3, 0.4) is 0 Å². The zero-order chi connectivity index (χ0) is 14.0. The predicted molar refractivity (Wildman–Crippen MR) is 67.9 cm³/mol. The first-order chi connectivity index (χ1) is 8.94. The van der Waals surface area contributed by atoms with Crippen molar-refractivity contribution >= 4 is 15.7 Å². The van der Waals surface area contributed by atoms with Crippen molar-refractivity contribution in [2.24, 2.45) is 0 Å². The van der Waals surface area contributed by atoms with Gasteiger partial charge in [0, 0.05) is 13.1 Å². The molecule has 0 spiro atoms. The van der Waals surface area contributed by atoms with Crippen molar-refractivity contribution in [2.45, 2.75) is 17.4 Å². The second kappa shape index (κ2) is 5.26. The minimum atomic E-state index is -3.34. The first-order valence-electron chi connectivity index (χ1n) is 5.90. The third-order valence-electron chi connectivity index (χ3n) is 3.15. The van der Waals surface area contributed by atoms with E-state index >= 15 is 0 Å². The second-order valence-corrected chi connectivity index (χ2v) is 6.47. The molecule has 1 atom stereocenters. The maximum Gasteiger partial charge on any atom is 0.233 e. The Kier molecular flexibility index (Phi) is 3.86. The fourth-order valence-corrected chi connectivity index (χ4v) is 3.73. The van der Waals surface area contributed by atoms with Crippen LogP contribution in [0.25, 0.3) is 0 Å². The van der Waals surface area contributed by atoms with Gasteiger partial charge in [-0.1, -0.05) is 0 Å². The van der Waals surface area contributed by atoms with E-state index in [2.05, 4.69) is 10.6 Å². The van der Waals surface area contributed by atoms with Crippen LogP contribution in [-0.2, 0) is 14.6 Å². The molecule has 0 fully saturated rings. The molecule has 0 bridgehead atoms. The largest absolute Gasteiger partial charge is 0.358 e. The smallest absolute Gasteiger partial charge is 0.233 e. The Morgan fingerprint density at radius 1 is 1.47 bits per heavy atom. The molecular weight excluding hydrogens is 271 g/mol. The van der Waals surface area contributed by atoms with E-state index in [1.165, 1.54) is 19.2 Å². The van der Waals surface area contributed by atoms with Gasteiger partial charge in [-0.15, -0.1) is 0 Å². The number of carbonyl (C=O) groups is 1. The molecule has 0 radical (unpaired) electrons. The van der Waals surface area contributed by atoms with Crippen molar-refractivity contribution in [1.29, 1.82) is 0 Å². The Balaban J connectivity index is 2.30. The van der Waals surface area contributed by atoms with E-state index < -0.39 is 15.7 Å². The summed E-state index contributed by atoms with van der Waals surface area (Å²) in [6, 6.07) is 3.31. The monoisotopic (exact) mass is 286 g/mol. The van der Waals surface area contributed by atoms with E-state index in [9.17, 15) is 17.6 Å². The topological polar surface area (TPSA) is 75.3 Å². The summed E-state index contributed by atoms with van der Waals surface area (Å²) in [4.78, 5) is 11.3. The number of rotatable bonds is 3. The molecule has 1 aromatic rings. The first-order valence-corrected chi connectivity index (χ1v) is 7.55. The molecule has 19 heavy (non-hydrogen) atoms. The molecule has 2 N–H and O–H groups in total. The van der Waals surface area contributed by atoms with Gasteiger partial charge in [-0.05, 0) is 30.2 Å². The lowest BCUT2D eigenvalue weighted by Crippen LogP contribution is -2.36. The molecule has 0 aliphatic carbocycles. The van der Waals surface area contributed by atoms with E-state index in [1.807, 2.05) is 0 Å². The molecule has 1 heterocycles. The predicted octanol–water partition coefficient (Wildman–Crippen LogP) is 0.380. The summed E-state index contributed by atoms with van der Waals surface area (Å²) in [7, 11) is -1.83. The van der Waals surface area contributed by atoms with E-state index in [-0.39, 0.29) is 29.1 Å². The summed E-state index contributed by atoms with van der Waals surface area (Å²) < 4.78 is 37.1. The van der Waals surface area contributed by atoms with Crippen molar-refractivity contribution < 1.29 is 17.6 Å². The van der Waals surface area contributed by atoms with Gasteiger partial charge in [-0.25, -0.2) is 12.8 Å². The van der Waals surface area contributed by atoms with Crippen molar-refractivity contribution in [3.63, 3.8) is 0 Å². The van der Waals surface area contributed by atoms with Crippen LogP contribution in [0.1, 0.15) is 18.0 Å². The lowest BCUT2D eigenvalue weighted by Gasteiger charge is -2.26. The minimum Gasteiger partial charge on any atom is -0.358 e. The van der Waals surface area contributed by atoms with Gasteiger partial charge in [-0.3, -0.25) is 4.79 Å². The van der Waals surface area contributed by atoms with Crippen molar-refractivity contribution in [2.75, 3.05) is 19.3 Å². The Labute approximate surface area is 111 Å². The second-order valence-electron chi connectivity index (χ2n) is 4.40. The van der Waals surface area contributed by atoms with E-state index in [1.54, 1.807) is 0 Å². The van der Waals surface area contributed by atoms with E-state index in [0.717, 1.165) is 6.07 Å². The summed E-state index contributed by atoms with van der Waals surface area (Å²) >= 11 is 0. The lowest BCUT2D eigenvalue weighted by molar-refractivity contribution is -0.119. The molecule has 2 rings (SSSR count). The average Bonchev–Trinajstić information content (AvgIpc) is 2.37. The molecule has 1 amide bonds. The third-order valence-corrected chi connectivity index (χ3v) is 4.96. The van der Waals surface area contributed by atoms with Crippen molar-refractivity contribution in [1.82, 2.24) is 10.6 Å².